The number of carbonyl (C=O) groups is 1. The van der Waals surface area contributed by atoms with Crippen molar-refractivity contribution >= 4 is 11.4 Å². The molecule has 4 heterocycles. The molecule has 0 saturated carbocycles. The minimum atomic E-state index is -0.0285. The van der Waals surface area contributed by atoms with Gasteiger partial charge in [0.1, 0.15) is 0 Å². The van der Waals surface area contributed by atoms with Gasteiger partial charge in [-0.1, -0.05) is 0 Å². The third-order valence-corrected chi connectivity index (χ3v) is 4.47. The van der Waals surface area contributed by atoms with Gasteiger partial charge in [-0.25, -0.2) is 0 Å². The second-order valence-electron chi connectivity index (χ2n) is 6.20. The Kier molecular flexibility index (Phi) is 4.39. The number of aromatic nitrogens is 4. The van der Waals surface area contributed by atoms with Crippen molar-refractivity contribution in [3.8, 4) is 0 Å². The SMILES string of the molecule is O=C(c1ccnnc1)N1CCOC[C@H](Cc2nccn3cccc23)C1. The summed E-state index contributed by atoms with van der Waals surface area (Å²) in [7, 11) is 0. The van der Waals surface area contributed by atoms with Crippen molar-refractivity contribution in [2.24, 2.45) is 5.92 Å². The molecule has 0 unspecified atom stereocenters. The van der Waals surface area contributed by atoms with E-state index >= 15 is 0 Å². The van der Waals surface area contributed by atoms with Gasteiger partial charge in [-0.05, 0) is 24.6 Å². The highest BCUT2D eigenvalue weighted by molar-refractivity contribution is 5.93. The number of hydrogen-bond donors (Lipinski definition) is 0. The minimum absolute atomic E-state index is 0.0285. The molecule has 0 bridgehead atoms. The molecule has 0 spiro atoms. The lowest BCUT2D eigenvalue weighted by Gasteiger charge is -2.23. The van der Waals surface area contributed by atoms with Gasteiger partial charge in [-0.3, -0.25) is 9.78 Å². The second kappa shape index (κ2) is 6.98. The van der Waals surface area contributed by atoms with Crippen molar-refractivity contribution in [3.63, 3.8) is 0 Å². The first-order valence-electron chi connectivity index (χ1n) is 8.35. The quantitative estimate of drug-likeness (QED) is 0.723. The molecule has 128 valence electrons. The molecule has 4 rings (SSSR count). The summed E-state index contributed by atoms with van der Waals surface area (Å²) < 4.78 is 7.79. The molecule has 1 amide bonds. The first-order valence-corrected chi connectivity index (χ1v) is 8.35. The van der Waals surface area contributed by atoms with E-state index in [0.29, 0.717) is 31.9 Å². The number of fused-ring (bicyclic) bond motifs is 1. The lowest BCUT2D eigenvalue weighted by Crippen LogP contribution is -2.36. The second-order valence-corrected chi connectivity index (χ2v) is 6.20. The standard InChI is InChI=1S/C18H19N5O2/c24-18(15-3-4-20-21-11-15)23-8-9-25-13-14(12-23)10-16-17-2-1-6-22(17)7-5-19-16/h1-7,11,14H,8-10,12-13H2/t14-/m1/s1. The Morgan fingerprint density at radius 1 is 1.24 bits per heavy atom. The fraction of sp³-hybridized carbons (Fsp3) is 0.333. The van der Waals surface area contributed by atoms with E-state index in [4.69, 9.17) is 4.74 Å². The van der Waals surface area contributed by atoms with Gasteiger partial charge < -0.3 is 14.0 Å². The number of amides is 1. The topological polar surface area (TPSA) is 72.6 Å². The summed E-state index contributed by atoms with van der Waals surface area (Å²) in [5, 5.41) is 7.53. The van der Waals surface area contributed by atoms with E-state index in [1.807, 2.05) is 29.6 Å². The first-order chi connectivity index (χ1) is 12.3. The normalized spacial score (nSPS) is 18.2. The van der Waals surface area contributed by atoms with Crippen LogP contribution < -0.4 is 0 Å². The van der Waals surface area contributed by atoms with Gasteiger partial charge in [0.05, 0.1) is 42.4 Å². The van der Waals surface area contributed by atoms with E-state index in [-0.39, 0.29) is 11.8 Å². The Bertz CT molecular complexity index is 864. The van der Waals surface area contributed by atoms with Crippen LogP contribution in [0.5, 0.6) is 0 Å². The molecule has 25 heavy (non-hydrogen) atoms. The van der Waals surface area contributed by atoms with Crippen LogP contribution in [0.15, 0.2) is 49.2 Å². The summed E-state index contributed by atoms with van der Waals surface area (Å²) in [6.45, 7) is 2.40. The number of carbonyl (C=O) groups excluding carboxylic acids is 1. The van der Waals surface area contributed by atoms with Crippen LogP contribution in [0.2, 0.25) is 0 Å². The molecule has 0 radical (unpaired) electrons. The van der Waals surface area contributed by atoms with Crippen molar-refractivity contribution in [1.82, 2.24) is 24.5 Å². The molecule has 0 N–H and O–H groups in total. The molecule has 0 aliphatic carbocycles. The van der Waals surface area contributed by atoms with Crippen LogP contribution in [-0.2, 0) is 11.2 Å². The van der Waals surface area contributed by atoms with Crippen LogP contribution in [0.1, 0.15) is 16.1 Å². The van der Waals surface area contributed by atoms with Gasteiger partial charge in [0.2, 0.25) is 0 Å². The highest BCUT2D eigenvalue weighted by Gasteiger charge is 2.24. The van der Waals surface area contributed by atoms with Crippen LogP contribution >= 0.6 is 0 Å². The maximum Gasteiger partial charge on any atom is 0.255 e. The van der Waals surface area contributed by atoms with E-state index < -0.39 is 0 Å². The number of ether oxygens (including phenoxy) is 1. The van der Waals surface area contributed by atoms with Crippen molar-refractivity contribution in [2.75, 3.05) is 26.3 Å². The van der Waals surface area contributed by atoms with Crippen LogP contribution in [0.4, 0.5) is 0 Å². The zero-order valence-electron chi connectivity index (χ0n) is 13.8. The predicted octanol–water partition coefficient (Wildman–Crippen LogP) is 1.46. The Hall–Kier alpha value is -2.80. The molecule has 1 fully saturated rings. The van der Waals surface area contributed by atoms with Gasteiger partial charge in [0.15, 0.2) is 0 Å². The maximum atomic E-state index is 12.7. The summed E-state index contributed by atoms with van der Waals surface area (Å²) in [5.74, 6) is 0.175. The van der Waals surface area contributed by atoms with Gasteiger partial charge in [-0.2, -0.15) is 10.2 Å². The Balaban J connectivity index is 1.52. The molecular formula is C18H19N5O2. The average molecular weight is 337 g/mol. The van der Waals surface area contributed by atoms with Crippen LogP contribution in [0.25, 0.3) is 5.52 Å². The molecule has 1 aliphatic rings. The van der Waals surface area contributed by atoms with Crippen molar-refractivity contribution in [3.05, 3.63) is 60.4 Å². The number of rotatable bonds is 3. The summed E-state index contributed by atoms with van der Waals surface area (Å²) >= 11 is 0. The van der Waals surface area contributed by atoms with E-state index in [0.717, 1.165) is 17.6 Å². The maximum absolute atomic E-state index is 12.7. The molecule has 1 saturated heterocycles. The van der Waals surface area contributed by atoms with Gasteiger partial charge in [-0.15, -0.1) is 0 Å². The first kappa shape index (κ1) is 15.7. The highest BCUT2D eigenvalue weighted by Crippen LogP contribution is 2.18. The summed E-state index contributed by atoms with van der Waals surface area (Å²) in [6, 6.07) is 5.76. The monoisotopic (exact) mass is 337 g/mol. The summed E-state index contributed by atoms with van der Waals surface area (Å²) in [6.07, 6.45) is 9.57. The fourth-order valence-electron chi connectivity index (χ4n) is 3.25. The van der Waals surface area contributed by atoms with Crippen LogP contribution in [0.3, 0.4) is 0 Å². The van der Waals surface area contributed by atoms with Crippen LogP contribution in [-0.4, -0.2) is 56.7 Å². The van der Waals surface area contributed by atoms with Crippen molar-refractivity contribution in [1.29, 1.82) is 0 Å². The third-order valence-electron chi connectivity index (χ3n) is 4.47. The molecule has 7 heteroatoms. The molecule has 1 aliphatic heterocycles. The van der Waals surface area contributed by atoms with Crippen molar-refractivity contribution < 1.29 is 9.53 Å². The fourth-order valence-corrected chi connectivity index (χ4v) is 3.25. The molecular weight excluding hydrogens is 318 g/mol. The summed E-state index contributed by atoms with van der Waals surface area (Å²) in [4.78, 5) is 19.1. The molecule has 3 aromatic heterocycles. The lowest BCUT2D eigenvalue weighted by atomic mass is 10.0. The Morgan fingerprint density at radius 3 is 3.08 bits per heavy atom. The third kappa shape index (κ3) is 3.36. The lowest BCUT2D eigenvalue weighted by molar-refractivity contribution is 0.0736. The van der Waals surface area contributed by atoms with Crippen LogP contribution in [0, 0.1) is 5.92 Å². The number of hydrogen-bond acceptors (Lipinski definition) is 5. The smallest absolute Gasteiger partial charge is 0.255 e. The summed E-state index contributed by atoms with van der Waals surface area (Å²) in [5.41, 5.74) is 2.69. The number of nitrogens with zero attached hydrogens (tertiary/aromatic N) is 5. The van der Waals surface area contributed by atoms with Gasteiger partial charge in [0, 0.05) is 37.6 Å². The van der Waals surface area contributed by atoms with E-state index in [1.165, 1.54) is 12.4 Å². The average Bonchev–Trinajstić information content (AvgIpc) is 3.02. The molecule has 1 atom stereocenters. The van der Waals surface area contributed by atoms with E-state index in [1.54, 1.807) is 6.07 Å². The zero-order valence-corrected chi connectivity index (χ0v) is 13.8. The largest absolute Gasteiger partial charge is 0.379 e. The Labute approximate surface area is 145 Å². The molecule has 7 nitrogen and oxygen atoms in total. The van der Waals surface area contributed by atoms with E-state index in [2.05, 4.69) is 25.6 Å². The van der Waals surface area contributed by atoms with Gasteiger partial charge in [0.25, 0.3) is 5.91 Å². The highest BCUT2D eigenvalue weighted by atomic mass is 16.5. The molecule has 3 aromatic rings. The minimum Gasteiger partial charge on any atom is -0.379 e. The predicted molar refractivity (Wildman–Crippen MR) is 91.1 cm³/mol. The van der Waals surface area contributed by atoms with Crippen molar-refractivity contribution in [2.45, 2.75) is 6.42 Å². The van der Waals surface area contributed by atoms with Gasteiger partial charge >= 0.3 is 0 Å². The Morgan fingerprint density at radius 2 is 2.20 bits per heavy atom. The van der Waals surface area contributed by atoms with E-state index in [9.17, 15) is 4.79 Å². The zero-order chi connectivity index (χ0) is 17.1. The molecule has 0 aromatic carbocycles.